The third kappa shape index (κ3) is 5.13. The molecule has 9 aromatic rings. The van der Waals surface area contributed by atoms with Crippen LogP contribution in [0.25, 0.3) is 64.3 Å². The van der Waals surface area contributed by atoms with Crippen molar-refractivity contribution in [2.75, 3.05) is 4.90 Å². The summed E-state index contributed by atoms with van der Waals surface area (Å²) in [6.07, 6.45) is 0. The van der Waals surface area contributed by atoms with E-state index in [0.717, 1.165) is 17.1 Å². The van der Waals surface area contributed by atoms with Crippen molar-refractivity contribution in [1.29, 1.82) is 0 Å². The number of benzene rings is 8. The Balaban J connectivity index is 1.16. The zero-order valence-corrected chi connectivity index (χ0v) is 27.1. The smallest absolute Gasteiger partial charge is 0.0540 e. The van der Waals surface area contributed by atoms with Crippen LogP contribution in [0.2, 0.25) is 0 Å². The molecule has 48 heavy (non-hydrogen) atoms. The molecule has 0 atom stereocenters. The van der Waals surface area contributed by atoms with E-state index in [2.05, 4.69) is 193 Å². The van der Waals surface area contributed by atoms with E-state index in [1.807, 2.05) is 11.3 Å². The molecule has 0 saturated heterocycles. The van der Waals surface area contributed by atoms with Crippen LogP contribution in [-0.4, -0.2) is 0 Å². The molecule has 0 spiro atoms. The van der Waals surface area contributed by atoms with Crippen LogP contribution in [0, 0.1) is 0 Å². The van der Waals surface area contributed by atoms with Crippen molar-refractivity contribution in [2.45, 2.75) is 0 Å². The average Bonchev–Trinajstić information content (AvgIpc) is 3.54. The molecule has 0 saturated carbocycles. The van der Waals surface area contributed by atoms with Crippen LogP contribution in [0.1, 0.15) is 0 Å². The molecular weight excluding hydrogens is 599 g/mol. The monoisotopic (exact) mass is 629 g/mol. The molecule has 1 heterocycles. The number of thiophene rings is 1. The molecule has 0 N–H and O–H groups in total. The predicted octanol–water partition coefficient (Wildman–Crippen LogP) is 13.7. The predicted molar refractivity (Wildman–Crippen MR) is 208 cm³/mol. The molecule has 2 heteroatoms. The number of anilines is 3. The van der Waals surface area contributed by atoms with Crippen LogP contribution in [0.4, 0.5) is 17.1 Å². The summed E-state index contributed by atoms with van der Waals surface area (Å²) in [5.74, 6) is 0. The maximum absolute atomic E-state index is 2.39. The summed E-state index contributed by atoms with van der Waals surface area (Å²) in [5, 5.41) is 5.16. The number of hydrogen-bond acceptors (Lipinski definition) is 2. The second-order valence-electron chi connectivity index (χ2n) is 12.2. The van der Waals surface area contributed by atoms with E-state index in [1.54, 1.807) is 0 Å². The second kappa shape index (κ2) is 12.0. The van der Waals surface area contributed by atoms with Gasteiger partial charge in [0.1, 0.15) is 0 Å². The van der Waals surface area contributed by atoms with E-state index >= 15 is 0 Å². The fourth-order valence-corrected chi connectivity index (χ4v) is 8.00. The number of para-hydroxylation sites is 1. The first-order valence-corrected chi connectivity index (χ1v) is 17.2. The lowest BCUT2D eigenvalue weighted by atomic mass is 9.99. The van der Waals surface area contributed by atoms with E-state index in [1.165, 1.54) is 64.3 Å². The Hall–Kier alpha value is -5.96. The molecule has 8 aromatic carbocycles. The van der Waals surface area contributed by atoms with Crippen molar-refractivity contribution in [2.24, 2.45) is 0 Å². The minimum Gasteiger partial charge on any atom is -0.310 e. The van der Waals surface area contributed by atoms with E-state index in [0.29, 0.717) is 0 Å². The molecule has 0 bridgehead atoms. The van der Waals surface area contributed by atoms with Gasteiger partial charge in [-0.25, -0.2) is 0 Å². The summed E-state index contributed by atoms with van der Waals surface area (Å²) in [6.45, 7) is 0. The van der Waals surface area contributed by atoms with Crippen molar-refractivity contribution in [3.8, 4) is 33.4 Å². The third-order valence-electron chi connectivity index (χ3n) is 9.25. The highest BCUT2D eigenvalue weighted by atomic mass is 32.1. The zero-order valence-electron chi connectivity index (χ0n) is 26.3. The van der Waals surface area contributed by atoms with Crippen molar-refractivity contribution < 1.29 is 0 Å². The molecule has 0 fully saturated rings. The van der Waals surface area contributed by atoms with Gasteiger partial charge < -0.3 is 4.90 Å². The summed E-state index contributed by atoms with van der Waals surface area (Å²) in [6, 6.07) is 68.2. The molecule has 0 unspecified atom stereocenters. The van der Waals surface area contributed by atoms with E-state index < -0.39 is 0 Å². The zero-order chi connectivity index (χ0) is 31.9. The maximum atomic E-state index is 2.39. The third-order valence-corrected chi connectivity index (χ3v) is 10.4. The standard InChI is InChI=1S/C46H31NS/c1-2-12-34(13-3-1)41-17-6-8-19-44(41)47(40-16-10-15-36(30-40)37-22-21-32-11-4-5-14-35(32)29-37)39-26-23-33(24-27-39)38-25-28-43-42-18-7-9-20-45(42)48-46(43)31-38/h1-31H. The first-order chi connectivity index (χ1) is 23.8. The summed E-state index contributed by atoms with van der Waals surface area (Å²) in [7, 11) is 0. The summed E-state index contributed by atoms with van der Waals surface area (Å²) in [5.41, 5.74) is 10.6. The fraction of sp³-hybridized carbons (Fsp3) is 0. The molecule has 0 aliphatic carbocycles. The van der Waals surface area contributed by atoms with E-state index in [4.69, 9.17) is 0 Å². The van der Waals surface area contributed by atoms with Crippen molar-refractivity contribution >= 4 is 59.3 Å². The van der Waals surface area contributed by atoms with Gasteiger partial charge in [-0.3, -0.25) is 0 Å². The Morgan fingerprint density at radius 3 is 1.88 bits per heavy atom. The first-order valence-electron chi connectivity index (χ1n) is 16.3. The Bertz CT molecular complexity index is 2560. The fourth-order valence-electron chi connectivity index (χ4n) is 6.86. The summed E-state index contributed by atoms with van der Waals surface area (Å²) >= 11 is 1.86. The van der Waals surface area contributed by atoms with E-state index in [-0.39, 0.29) is 0 Å². The van der Waals surface area contributed by atoms with Gasteiger partial charge in [-0.2, -0.15) is 0 Å². The normalized spacial score (nSPS) is 11.3. The van der Waals surface area contributed by atoms with Gasteiger partial charge in [0.05, 0.1) is 5.69 Å². The van der Waals surface area contributed by atoms with Gasteiger partial charge in [0.2, 0.25) is 0 Å². The highest BCUT2D eigenvalue weighted by Crippen LogP contribution is 2.43. The minimum atomic E-state index is 1.11. The number of nitrogens with zero attached hydrogens (tertiary/aromatic N) is 1. The van der Waals surface area contributed by atoms with Gasteiger partial charge in [0.15, 0.2) is 0 Å². The molecule has 9 rings (SSSR count). The van der Waals surface area contributed by atoms with Crippen LogP contribution in [0.3, 0.4) is 0 Å². The van der Waals surface area contributed by atoms with E-state index in [9.17, 15) is 0 Å². The topological polar surface area (TPSA) is 3.24 Å². The van der Waals surface area contributed by atoms with Crippen LogP contribution >= 0.6 is 11.3 Å². The lowest BCUT2D eigenvalue weighted by Crippen LogP contribution is -2.11. The van der Waals surface area contributed by atoms with Crippen LogP contribution in [-0.2, 0) is 0 Å². The quantitative estimate of drug-likeness (QED) is 0.177. The Kier molecular flexibility index (Phi) is 7.07. The summed E-state index contributed by atoms with van der Waals surface area (Å²) in [4.78, 5) is 2.39. The lowest BCUT2D eigenvalue weighted by Gasteiger charge is -2.28. The molecule has 0 amide bonds. The Morgan fingerprint density at radius 2 is 0.979 bits per heavy atom. The number of rotatable bonds is 6. The highest BCUT2D eigenvalue weighted by molar-refractivity contribution is 7.25. The van der Waals surface area contributed by atoms with Gasteiger partial charge in [-0.15, -0.1) is 11.3 Å². The molecule has 1 nitrogen and oxygen atoms in total. The molecule has 0 radical (unpaired) electrons. The second-order valence-corrected chi connectivity index (χ2v) is 13.3. The van der Waals surface area contributed by atoms with Crippen LogP contribution in [0.15, 0.2) is 188 Å². The molecule has 0 aliphatic rings. The van der Waals surface area contributed by atoms with Crippen molar-refractivity contribution in [3.63, 3.8) is 0 Å². The maximum Gasteiger partial charge on any atom is 0.0540 e. The van der Waals surface area contributed by atoms with Gasteiger partial charge in [-0.1, -0.05) is 140 Å². The average molecular weight is 630 g/mol. The van der Waals surface area contributed by atoms with Gasteiger partial charge in [-0.05, 0) is 87.1 Å². The molecular formula is C46H31NS. The molecule has 0 aliphatic heterocycles. The first kappa shape index (κ1) is 28.3. The van der Waals surface area contributed by atoms with Gasteiger partial charge in [0.25, 0.3) is 0 Å². The molecule has 1 aromatic heterocycles. The Labute approximate surface area is 284 Å². The van der Waals surface area contributed by atoms with Crippen molar-refractivity contribution in [3.05, 3.63) is 188 Å². The van der Waals surface area contributed by atoms with Crippen LogP contribution in [0.5, 0.6) is 0 Å². The number of fused-ring (bicyclic) bond motifs is 4. The van der Waals surface area contributed by atoms with Gasteiger partial charge in [0, 0.05) is 37.1 Å². The van der Waals surface area contributed by atoms with Gasteiger partial charge >= 0.3 is 0 Å². The highest BCUT2D eigenvalue weighted by Gasteiger charge is 2.18. The minimum absolute atomic E-state index is 1.11. The Morgan fingerprint density at radius 1 is 0.333 bits per heavy atom. The molecule has 226 valence electrons. The largest absolute Gasteiger partial charge is 0.310 e. The summed E-state index contributed by atoms with van der Waals surface area (Å²) < 4.78 is 2.65. The van der Waals surface area contributed by atoms with Crippen LogP contribution < -0.4 is 4.90 Å². The lowest BCUT2D eigenvalue weighted by molar-refractivity contribution is 1.28. The SMILES string of the molecule is c1ccc(-c2ccccc2N(c2ccc(-c3ccc4c(c3)sc3ccccc34)cc2)c2cccc(-c3ccc4ccccc4c3)c2)cc1. The van der Waals surface area contributed by atoms with Crippen molar-refractivity contribution in [1.82, 2.24) is 0 Å². The number of hydrogen-bond donors (Lipinski definition) is 0.